The Morgan fingerprint density at radius 3 is 2.41 bits per heavy atom. The Morgan fingerprint density at radius 2 is 1.94 bits per heavy atom. The van der Waals surface area contributed by atoms with Gasteiger partial charge in [-0.25, -0.2) is 0 Å². The number of hydrogen-bond donors (Lipinski definition) is 4. The van der Waals surface area contributed by atoms with E-state index in [1.165, 1.54) is 0 Å². The summed E-state index contributed by atoms with van der Waals surface area (Å²) < 4.78 is 0. The normalized spacial score (nSPS) is 11.8. The summed E-state index contributed by atoms with van der Waals surface area (Å²) >= 11 is 0. The number of carbonyl (C=O) groups is 2. The van der Waals surface area contributed by atoms with Crippen molar-refractivity contribution in [2.45, 2.75) is 32.2 Å². The third-order valence-corrected chi connectivity index (χ3v) is 2.04. The van der Waals surface area contributed by atoms with Gasteiger partial charge in [0.15, 0.2) is 0 Å². The first-order valence-electron chi connectivity index (χ1n) is 5.57. The second-order valence-corrected chi connectivity index (χ2v) is 3.71. The molecule has 0 aliphatic rings. The first-order chi connectivity index (χ1) is 7.97. The summed E-state index contributed by atoms with van der Waals surface area (Å²) in [4.78, 5) is 22.0. The highest BCUT2D eigenvalue weighted by Gasteiger charge is 2.18. The fourth-order valence-corrected chi connectivity index (χ4v) is 1.22. The molecule has 1 amide bonds. The van der Waals surface area contributed by atoms with Gasteiger partial charge in [0.05, 0.1) is 18.2 Å². The Labute approximate surface area is 101 Å². The Morgan fingerprint density at radius 1 is 1.29 bits per heavy atom. The molecule has 17 heavy (non-hydrogen) atoms. The van der Waals surface area contributed by atoms with Crippen LogP contribution in [-0.2, 0) is 9.59 Å². The lowest BCUT2D eigenvalue weighted by atomic mass is 10.1. The van der Waals surface area contributed by atoms with Crippen molar-refractivity contribution in [1.29, 1.82) is 0 Å². The highest BCUT2D eigenvalue weighted by molar-refractivity contribution is 5.82. The fraction of sp³-hybridized carbons (Fsp3) is 0.636. The van der Waals surface area contributed by atoms with Crippen LogP contribution >= 0.6 is 0 Å². The SMILES string of the molecule is C=C(O)CC(NCCC(=O)O)C(=O)NCCC. The van der Waals surface area contributed by atoms with Crippen molar-refractivity contribution >= 4 is 11.9 Å². The molecule has 1 atom stereocenters. The molecule has 0 rings (SSSR count). The minimum absolute atomic E-state index is 0.0739. The standard InChI is InChI=1S/C11H20N2O4/c1-3-5-13-11(17)9(7-8(2)14)12-6-4-10(15)16/h9,12,14H,2-7H2,1H3,(H,13,17)(H,15,16). The van der Waals surface area contributed by atoms with E-state index in [2.05, 4.69) is 17.2 Å². The number of aliphatic carboxylic acids is 1. The summed E-state index contributed by atoms with van der Waals surface area (Å²) in [6.45, 7) is 5.97. The van der Waals surface area contributed by atoms with Gasteiger partial charge in [0, 0.05) is 19.5 Å². The zero-order valence-electron chi connectivity index (χ0n) is 10.0. The second-order valence-electron chi connectivity index (χ2n) is 3.71. The van der Waals surface area contributed by atoms with Gasteiger partial charge < -0.3 is 20.8 Å². The average molecular weight is 244 g/mol. The molecule has 1 unspecified atom stereocenters. The molecule has 0 saturated heterocycles. The maximum atomic E-state index is 11.6. The summed E-state index contributed by atoms with van der Waals surface area (Å²) in [6, 6.07) is -0.640. The minimum atomic E-state index is -0.937. The van der Waals surface area contributed by atoms with Gasteiger partial charge in [0.25, 0.3) is 0 Å². The molecular weight excluding hydrogens is 224 g/mol. The first kappa shape index (κ1) is 15.4. The van der Waals surface area contributed by atoms with E-state index in [0.717, 1.165) is 6.42 Å². The second kappa shape index (κ2) is 8.58. The Bertz CT molecular complexity index is 279. The fourth-order valence-electron chi connectivity index (χ4n) is 1.22. The lowest BCUT2D eigenvalue weighted by Gasteiger charge is -2.17. The molecule has 4 N–H and O–H groups in total. The van der Waals surface area contributed by atoms with Crippen LogP contribution in [0.25, 0.3) is 0 Å². The van der Waals surface area contributed by atoms with Crippen molar-refractivity contribution in [3.8, 4) is 0 Å². The number of amides is 1. The third-order valence-electron chi connectivity index (χ3n) is 2.04. The van der Waals surface area contributed by atoms with Gasteiger partial charge in [-0.3, -0.25) is 9.59 Å². The van der Waals surface area contributed by atoms with Crippen molar-refractivity contribution in [2.75, 3.05) is 13.1 Å². The number of hydrogen-bond acceptors (Lipinski definition) is 4. The summed E-state index contributed by atoms with van der Waals surface area (Å²) in [5, 5.41) is 23.0. The number of carboxylic acid groups (broad SMARTS) is 1. The number of carboxylic acids is 1. The molecule has 0 aromatic heterocycles. The lowest BCUT2D eigenvalue weighted by molar-refractivity contribution is -0.137. The maximum absolute atomic E-state index is 11.6. The number of rotatable bonds is 9. The van der Waals surface area contributed by atoms with Crippen molar-refractivity contribution in [2.24, 2.45) is 0 Å². The van der Waals surface area contributed by atoms with E-state index in [1.807, 2.05) is 6.92 Å². The highest BCUT2D eigenvalue weighted by atomic mass is 16.4. The quantitative estimate of drug-likeness (QED) is 0.440. The topological polar surface area (TPSA) is 98.7 Å². The predicted molar refractivity (Wildman–Crippen MR) is 63.7 cm³/mol. The Kier molecular flexibility index (Phi) is 7.79. The molecule has 0 fully saturated rings. The van der Waals surface area contributed by atoms with E-state index < -0.39 is 12.0 Å². The first-order valence-corrected chi connectivity index (χ1v) is 5.57. The monoisotopic (exact) mass is 244 g/mol. The maximum Gasteiger partial charge on any atom is 0.304 e. The van der Waals surface area contributed by atoms with Crippen molar-refractivity contribution < 1.29 is 19.8 Å². The summed E-state index contributed by atoms with van der Waals surface area (Å²) in [5.74, 6) is -1.30. The van der Waals surface area contributed by atoms with E-state index in [4.69, 9.17) is 10.2 Å². The molecule has 0 heterocycles. The van der Waals surface area contributed by atoms with Gasteiger partial charge in [-0.15, -0.1) is 0 Å². The lowest BCUT2D eigenvalue weighted by Crippen LogP contribution is -2.45. The Balaban J connectivity index is 4.16. The molecular formula is C11H20N2O4. The van der Waals surface area contributed by atoms with Gasteiger partial charge in [0.2, 0.25) is 5.91 Å². The molecule has 0 radical (unpaired) electrons. The zero-order chi connectivity index (χ0) is 13.3. The van der Waals surface area contributed by atoms with E-state index in [0.29, 0.717) is 6.54 Å². The molecule has 0 saturated carbocycles. The summed E-state index contributed by atoms with van der Waals surface area (Å²) in [7, 11) is 0. The van der Waals surface area contributed by atoms with Gasteiger partial charge in [-0.2, -0.15) is 0 Å². The molecule has 0 aliphatic carbocycles. The number of aliphatic hydroxyl groups is 1. The van der Waals surface area contributed by atoms with E-state index in [-0.39, 0.29) is 31.1 Å². The molecule has 98 valence electrons. The van der Waals surface area contributed by atoms with Crippen LogP contribution in [0.5, 0.6) is 0 Å². The largest absolute Gasteiger partial charge is 0.513 e. The summed E-state index contributed by atoms with van der Waals surface area (Å²) in [5.41, 5.74) is 0. The van der Waals surface area contributed by atoms with Crippen LogP contribution in [0.4, 0.5) is 0 Å². The molecule has 0 aromatic rings. The van der Waals surface area contributed by atoms with Crippen molar-refractivity contribution in [1.82, 2.24) is 10.6 Å². The van der Waals surface area contributed by atoms with Gasteiger partial charge >= 0.3 is 5.97 Å². The van der Waals surface area contributed by atoms with Crippen LogP contribution in [0.1, 0.15) is 26.2 Å². The van der Waals surface area contributed by atoms with Crippen LogP contribution in [0.3, 0.4) is 0 Å². The van der Waals surface area contributed by atoms with Gasteiger partial charge in [-0.1, -0.05) is 13.5 Å². The average Bonchev–Trinajstić information content (AvgIpc) is 2.23. The summed E-state index contributed by atoms with van der Waals surface area (Å²) in [6.07, 6.45) is 0.818. The molecule has 6 heteroatoms. The number of nitrogens with one attached hydrogen (secondary N) is 2. The van der Waals surface area contributed by atoms with E-state index >= 15 is 0 Å². The van der Waals surface area contributed by atoms with E-state index in [9.17, 15) is 9.59 Å². The van der Waals surface area contributed by atoms with Crippen LogP contribution in [0, 0.1) is 0 Å². The van der Waals surface area contributed by atoms with Crippen LogP contribution in [0.15, 0.2) is 12.3 Å². The predicted octanol–water partition coefficient (Wildman–Crippen LogP) is 0.407. The third kappa shape index (κ3) is 8.27. The number of carbonyl (C=O) groups excluding carboxylic acids is 1. The van der Waals surface area contributed by atoms with Crippen molar-refractivity contribution in [3.05, 3.63) is 12.3 Å². The Hall–Kier alpha value is -1.56. The molecule has 6 nitrogen and oxygen atoms in total. The van der Waals surface area contributed by atoms with Gasteiger partial charge in [0.1, 0.15) is 0 Å². The van der Waals surface area contributed by atoms with Crippen LogP contribution in [-0.4, -0.2) is 41.2 Å². The van der Waals surface area contributed by atoms with Gasteiger partial charge in [-0.05, 0) is 6.42 Å². The smallest absolute Gasteiger partial charge is 0.304 e. The number of aliphatic hydroxyl groups excluding tert-OH is 1. The molecule has 0 spiro atoms. The molecule has 0 bridgehead atoms. The molecule has 0 aromatic carbocycles. The minimum Gasteiger partial charge on any atom is -0.513 e. The van der Waals surface area contributed by atoms with Crippen LogP contribution < -0.4 is 10.6 Å². The van der Waals surface area contributed by atoms with E-state index in [1.54, 1.807) is 0 Å². The van der Waals surface area contributed by atoms with Crippen molar-refractivity contribution in [3.63, 3.8) is 0 Å². The highest BCUT2D eigenvalue weighted by Crippen LogP contribution is 2.00. The molecule has 0 aliphatic heterocycles. The zero-order valence-corrected chi connectivity index (χ0v) is 10.0. The van der Waals surface area contributed by atoms with Crippen LogP contribution in [0.2, 0.25) is 0 Å².